The van der Waals surface area contributed by atoms with Gasteiger partial charge in [-0.3, -0.25) is 9.71 Å². The highest BCUT2D eigenvalue weighted by Crippen LogP contribution is 2.28. The number of anilines is 2. The van der Waals surface area contributed by atoms with Crippen molar-refractivity contribution in [3.05, 3.63) is 89.4 Å². The number of para-hydroxylation sites is 2. The van der Waals surface area contributed by atoms with Crippen LogP contribution in [0.4, 0.5) is 11.4 Å². The van der Waals surface area contributed by atoms with Crippen LogP contribution in [0.15, 0.2) is 71.9 Å². The summed E-state index contributed by atoms with van der Waals surface area (Å²) in [5, 5.41) is 12.8. The van der Waals surface area contributed by atoms with E-state index in [9.17, 15) is 13.2 Å². The molecule has 0 radical (unpaired) electrons. The Hall–Kier alpha value is -4.42. The fourth-order valence-electron chi connectivity index (χ4n) is 3.40. The number of nitrogens with zero attached hydrogens (tertiary/aromatic N) is 2. The number of aryl methyl sites for hydroxylation is 1. The molecule has 8 nitrogen and oxygen atoms in total. The Morgan fingerprint density at radius 1 is 0.971 bits per heavy atom. The van der Waals surface area contributed by atoms with Gasteiger partial charge in [-0.1, -0.05) is 36.1 Å². The number of aromatic nitrogens is 2. The number of carbonyl (C=O) groups is 1. The highest BCUT2D eigenvalue weighted by molar-refractivity contribution is 7.93. The van der Waals surface area contributed by atoms with E-state index in [4.69, 9.17) is 5.11 Å². The van der Waals surface area contributed by atoms with Crippen LogP contribution in [-0.4, -0.2) is 36.5 Å². The van der Waals surface area contributed by atoms with Crippen LogP contribution in [-0.2, 0) is 10.0 Å². The van der Waals surface area contributed by atoms with Crippen LogP contribution >= 0.6 is 0 Å². The molecule has 9 heteroatoms. The summed E-state index contributed by atoms with van der Waals surface area (Å²) in [6.07, 6.45) is 2.94. The van der Waals surface area contributed by atoms with E-state index in [-0.39, 0.29) is 10.6 Å². The first-order valence-corrected chi connectivity index (χ1v) is 11.7. The summed E-state index contributed by atoms with van der Waals surface area (Å²) >= 11 is 0. The Labute approximate surface area is 196 Å². The molecule has 4 aromatic rings. The molecule has 0 aliphatic rings. The minimum Gasteiger partial charge on any atom is -0.477 e. The molecule has 0 unspecified atom stereocenters. The summed E-state index contributed by atoms with van der Waals surface area (Å²) in [6, 6.07) is 15.0. The number of nitrogens with one attached hydrogen (secondary N) is 2. The third-order valence-electron chi connectivity index (χ3n) is 5.13. The summed E-state index contributed by atoms with van der Waals surface area (Å²) in [5.74, 6) is 4.79. The Morgan fingerprint density at radius 2 is 1.74 bits per heavy atom. The van der Waals surface area contributed by atoms with E-state index < -0.39 is 16.0 Å². The number of rotatable bonds is 5. The molecule has 0 spiro atoms. The molecule has 2 aromatic heterocycles. The number of hydrogen-bond donors (Lipinski definition) is 3. The predicted octanol–water partition coefficient (Wildman–Crippen LogP) is 3.88. The van der Waals surface area contributed by atoms with E-state index in [1.807, 2.05) is 0 Å². The van der Waals surface area contributed by atoms with Crippen LogP contribution in [0, 0.1) is 18.8 Å². The van der Waals surface area contributed by atoms with Gasteiger partial charge in [0.15, 0.2) is 0 Å². The van der Waals surface area contributed by atoms with Gasteiger partial charge in [-0.05, 0) is 42.8 Å². The van der Waals surface area contributed by atoms with Crippen molar-refractivity contribution in [1.29, 1.82) is 0 Å². The fourth-order valence-corrected chi connectivity index (χ4v) is 4.66. The van der Waals surface area contributed by atoms with Gasteiger partial charge >= 0.3 is 5.97 Å². The van der Waals surface area contributed by atoms with Crippen molar-refractivity contribution in [1.82, 2.24) is 9.97 Å². The van der Waals surface area contributed by atoms with E-state index >= 15 is 0 Å². The Kier molecular flexibility index (Phi) is 6.17. The number of carboxylic acid groups (broad SMARTS) is 1. The summed E-state index contributed by atoms with van der Waals surface area (Å²) in [5.41, 5.74) is 3.01. The Bertz CT molecular complexity index is 1590. The molecule has 4 rings (SSSR count). The number of aromatic carboxylic acids is 1. The lowest BCUT2D eigenvalue weighted by molar-refractivity contribution is 0.0690. The predicted molar refractivity (Wildman–Crippen MR) is 130 cm³/mol. The maximum Gasteiger partial charge on any atom is 0.354 e. The van der Waals surface area contributed by atoms with Gasteiger partial charge in [-0.15, -0.1) is 0 Å². The second-order valence-electron chi connectivity index (χ2n) is 7.35. The highest BCUT2D eigenvalue weighted by Gasteiger charge is 2.20. The van der Waals surface area contributed by atoms with Gasteiger partial charge in [-0.2, -0.15) is 0 Å². The van der Waals surface area contributed by atoms with Crippen molar-refractivity contribution in [2.45, 2.75) is 11.8 Å². The summed E-state index contributed by atoms with van der Waals surface area (Å²) in [7, 11) is -2.22. The molecule has 34 heavy (non-hydrogen) atoms. The molecule has 0 atom stereocenters. The monoisotopic (exact) mass is 472 g/mol. The molecule has 0 fully saturated rings. The number of sulfonamides is 1. The molecule has 0 aliphatic heterocycles. The highest BCUT2D eigenvalue weighted by atomic mass is 32.2. The zero-order valence-corrected chi connectivity index (χ0v) is 19.1. The standard InChI is InChI=1S/C25H20N4O4S/c1-16-14-22(25(30)31)28-15-18(16)11-10-17-6-3-4-8-20(17)29-34(32,33)23-9-5-7-19-21(26-2)12-13-27-24(19)23/h3-9,12-15,29H,1-2H3,(H,26,27)(H,30,31). The molecule has 2 heterocycles. The van der Waals surface area contributed by atoms with Gasteiger partial charge in [0.1, 0.15) is 10.6 Å². The minimum atomic E-state index is -3.98. The van der Waals surface area contributed by atoms with Gasteiger partial charge in [0, 0.05) is 41.6 Å². The SMILES string of the molecule is CNc1ccnc2c(S(=O)(=O)Nc3ccccc3C#Cc3cnc(C(=O)O)cc3C)cccc12. The number of hydrogen-bond acceptors (Lipinski definition) is 6. The molecular formula is C25H20N4O4S. The van der Waals surface area contributed by atoms with E-state index in [0.29, 0.717) is 33.3 Å². The number of carboxylic acids is 1. The van der Waals surface area contributed by atoms with Crippen LogP contribution < -0.4 is 10.0 Å². The van der Waals surface area contributed by atoms with E-state index in [1.54, 1.807) is 62.6 Å². The zero-order chi connectivity index (χ0) is 24.3. The second kappa shape index (κ2) is 9.21. The smallest absolute Gasteiger partial charge is 0.354 e. The summed E-state index contributed by atoms with van der Waals surface area (Å²) in [4.78, 5) is 19.3. The molecule has 0 bridgehead atoms. The third kappa shape index (κ3) is 4.53. The first kappa shape index (κ1) is 22.8. The molecular weight excluding hydrogens is 452 g/mol. The summed E-state index contributed by atoms with van der Waals surface area (Å²) in [6.45, 7) is 1.74. The van der Waals surface area contributed by atoms with E-state index in [1.165, 1.54) is 18.3 Å². The minimum absolute atomic E-state index is 0.0502. The van der Waals surface area contributed by atoms with Crippen molar-refractivity contribution in [2.24, 2.45) is 0 Å². The lowest BCUT2D eigenvalue weighted by Crippen LogP contribution is -2.14. The van der Waals surface area contributed by atoms with Gasteiger partial charge in [0.25, 0.3) is 10.0 Å². The van der Waals surface area contributed by atoms with Crippen LogP contribution in [0.25, 0.3) is 10.9 Å². The van der Waals surface area contributed by atoms with Crippen LogP contribution in [0.5, 0.6) is 0 Å². The van der Waals surface area contributed by atoms with Crippen LogP contribution in [0.3, 0.4) is 0 Å². The molecule has 170 valence electrons. The number of benzene rings is 2. The molecule has 3 N–H and O–H groups in total. The lowest BCUT2D eigenvalue weighted by Gasteiger charge is -2.13. The summed E-state index contributed by atoms with van der Waals surface area (Å²) < 4.78 is 29.2. The molecule has 0 saturated heterocycles. The maximum atomic E-state index is 13.3. The fraction of sp³-hybridized carbons (Fsp3) is 0.0800. The Balaban J connectivity index is 1.71. The van der Waals surface area contributed by atoms with E-state index in [0.717, 1.165) is 5.69 Å². The van der Waals surface area contributed by atoms with Gasteiger partial charge in [-0.25, -0.2) is 18.2 Å². The Morgan fingerprint density at radius 3 is 2.47 bits per heavy atom. The van der Waals surface area contributed by atoms with Crippen LogP contribution in [0.1, 0.15) is 27.2 Å². The van der Waals surface area contributed by atoms with Crippen molar-refractivity contribution in [3.63, 3.8) is 0 Å². The van der Waals surface area contributed by atoms with Crippen molar-refractivity contribution in [2.75, 3.05) is 17.1 Å². The first-order valence-electron chi connectivity index (χ1n) is 10.2. The zero-order valence-electron chi connectivity index (χ0n) is 18.3. The average Bonchev–Trinajstić information content (AvgIpc) is 2.83. The lowest BCUT2D eigenvalue weighted by atomic mass is 10.1. The molecule has 2 aromatic carbocycles. The third-order valence-corrected chi connectivity index (χ3v) is 6.52. The van der Waals surface area contributed by atoms with Crippen LogP contribution in [0.2, 0.25) is 0 Å². The van der Waals surface area contributed by atoms with Crippen molar-refractivity contribution < 1.29 is 18.3 Å². The van der Waals surface area contributed by atoms with E-state index in [2.05, 4.69) is 31.8 Å². The largest absolute Gasteiger partial charge is 0.477 e. The van der Waals surface area contributed by atoms with Crippen molar-refractivity contribution in [3.8, 4) is 11.8 Å². The number of fused-ring (bicyclic) bond motifs is 1. The van der Waals surface area contributed by atoms with Gasteiger partial charge < -0.3 is 10.4 Å². The average molecular weight is 473 g/mol. The van der Waals surface area contributed by atoms with Crippen molar-refractivity contribution >= 4 is 38.3 Å². The topological polar surface area (TPSA) is 121 Å². The van der Waals surface area contributed by atoms with Gasteiger partial charge in [0.05, 0.1) is 11.2 Å². The maximum absolute atomic E-state index is 13.3. The van der Waals surface area contributed by atoms with Gasteiger partial charge in [0.2, 0.25) is 0 Å². The molecule has 0 amide bonds. The quantitative estimate of drug-likeness (QED) is 0.377. The molecule has 0 saturated carbocycles. The molecule has 0 aliphatic carbocycles. The number of pyridine rings is 2. The second-order valence-corrected chi connectivity index (χ2v) is 9.00. The first-order chi connectivity index (χ1) is 16.3. The normalized spacial score (nSPS) is 10.9.